The molecule has 0 spiro atoms. The van der Waals surface area contributed by atoms with Crippen molar-refractivity contribution in [3.05, 3.63) is 35.7 Å². The number of carbonyl (C=O) groups is 1. The molecule has 0 radical (unpaired) electrons. The number of rotatable bonds is 3. The molecule has 1 fully saturated rings. The molecule has 0 saturated carbocycles. The van der Waals surface area contributed by atoms with Crippen molar-refractivity contribution in [3.63, 3.8) is 0 Å². The molecule has 4 heteroatoms. The predicted molar refractivity (Wildman–Crippen MR) is 73.7 cm³/mol. The summed E-state index contributed by atoms with van der Waals surface area (Å²) in [5.41, 5.74) is 1.01. The van der Waals surface area contributed by atoms with Gasteiger partial charge in [-0.05, 0) is 38.8 Å². The van der Waals surface area contributed by atoms with E-state index in [2.05, 4.69) is 13.8 Å². The van der Waals surface area contributed by atoms with E-state index in [9.17, 15) is 9.18 Å². The van der Waals surface area contributed by atoms with Gasteiger partial charge in [-0.25, -0.2) is 9.18 Å². The van der Waals surface area contributed by atoms with Crippen LogP contribution in [0.15, 0.2) is 24.3 Å². The highest BCUT2D eigenvalue weighted by Gasteiger charge is 2.34. The van der Waals surface area contributed by atoms with Crippen LogP contribution in [0, 0.1) is 5.82 Å². The van der Waals surface area contributed by atoms with Crippen LogP contribution in [0.2, 0.25) is 0 Å². The summed E-state index contributed by atoms with van der Waals surface area (Å²) in [5, 5.41) is 8.71. The maximum absolute atomic E-state index is 14.1. The molecule has 1 aromatic carbocycles. The first-order valence-corrected chi connectivity index (χ1v) is 6.39. The maximum Gasteiger partial charge on any atom is 0.328 e. The van der Waals surface area contributed by atoms with Crippen LogP contribution in [0.1, 0.15) is 32.3 Å². The first-order chi connectivity index (χ1) is 8.92. The van der Waals surface area contributed by atoms with Crippen LogP contribution >= 0.6 is 0 Å². The Balaban J connectivity index is 2.46. The van der Waals surface area contributed by atoms with E-state index >= 15 is 0 Å². The summed E-state index contributed by atoms with van der Waals surface area (Å²) < 4.78 is 14.1. The zero-order valence-electron chi connectivity index (χ0n) is 11.2. The molecule has 0 unspecified atom stereocenters. The number of anilines is 1. The summed E-state index contributed by atoms with van der Waals surface area (Å²) in [6.07, 6.45) is 4.52. The van der Waals surface area contributed by atoms with Gasteiger partial charge in [-0.2, -0.15) is 0 Å². The van der Waals surface area contributed by atoms with Crippen molar-refractivity contribution in [2.75, 3.05) is 11.4 Å². The van der Waals surface area contributed by atoms with Gasteiger partial charge in [0.25, 0.3) is 0 Å². The Morgan fingerprint density at radius 1 is 1.47 bits per heavy atom. The lowest BCUT2D eigenvalue weighted by Crippen LogP contribution is -2.39. The number of halogens is 1. The number of hydrogen-bond acceptors (Lipinski definition) is 2. The van der Waals surface area contributed by atoms with Crippen LogP contribution in [-0.2, 0) is 4.79 Å². The predicted octanol–water partition coefficient (Wildman–Crippen LogP) is 3.30. The fraction of sp³-hybridized carbons (Fsp3) is 0.400. The number of carboxylic acids is 1. The van der Waals surface area contributed by atoms with E-state index in [1.807, 2.05) is 4.90 Å². The molecule has 1 aromatic rings. The first kappa shape index (κ1) is 13.6. The lowest BCUT2D eigenvalue weighted by Gasteiger charge is -2.35. The molecule has 19 heavy (non-hydrogen) atoms. The summed E-state index contributed by atoms with van der Waals surface area (Å²) >= 11 is 0. The molecule has 1 aliphatic rings. The second-order valence-corrected chi connectivity index (χ2v) is 5.42. The third-order valence-corrected chi connectivity index (χ3v) is 3.59. The molecule has 102 valence electrons. The van der Waals surface area contributed by atoms with Crippen molar-refractivity contribution >= 4 is 17.7 Å². The molecule has 0 aromatic heterocycles. The van der Waals surface area contributed by atoms with Gasteiger partial charge >= 0.3 is 5.97 Å². The second kappa shape index (κ2) is 5.03. The van der Waals surface area contributed by atoms with E-state index in [1.165, 1.54) is 12.1 Å². The summed E-state index contributed by atoms with van der Waals surface area (Å²) in [4.78, 5) is 12.7. The van der Waals surface area contributed by atoms with Crippen LogP contribution in [0.3, 0.4) is 0 Å². The number of hydrogen-bond donors (Lipinski definition) is 1. The van der Waals surface area contributed by atoms with Crippen LogP contribution in [0.5, 0.6) is 0 Å². The summed E-state index contributed by atoms with van der Waals surface area (Å²) in [6, 6.07) is 4.76. The topological polar surface area (TPSA) is 40.5 Å². The normalized spacial score (nSPS) is 18.2. The fourth-order valence-corrected chi connectivity index (χ4v) is 2.63. The average Bonchev–Trinajstić information content (AvgIpc) is 2.66. The number of nitrogens with zero attached hydrogens (tertiary/aromatic N) is 1. The first-order valence-electron chi connectivity index (χ1n) is 6.39. The zero-order valence-corrected chi connectivity index (χ0v) is 11.2. The third-order valence-electron chi connectivity index (χ3n) is 3.59. The van der Waals surface area contributed by atoms with Crippen LogP contribution < -0.4 is 4.90 Å². The van der Waals surface area contributed by atoms with Crippen molar-refractivity contribution in [3.8, 4) is 0 Å². The van der Waals surface area contributed by atoms with E-state index in [4.69, 9.17) is 5.11 Å². The molecule has 0 aliphatic carbocycles. The summed E-state index contributed by atoms with van der Waals surface area (Å²) in [6.45, 7) is 4.95. The highest BCUT2D eigenvalue weighted by atomic mass is 19.1. The molecular weight excluding hydrogens is 245 g/mol. The van der Waals surface area contributed by atoms with Crippen molar-refractivity contribution in [2.24, 2.45) is 0 Å². The van der Waals surface area contributed by atoms with Gasteiger partial charge < -0.3 is 10.0 Å². The van der Waals surface area contributed by atoms with E-state index < -0.39 is 5.97 Å². The molecule has 1 N–H and O–H groups in total. The minimum Gasteiger partial charge on any atom is -0.478 e. The van der Waals surface area contributed by atoms with E-state index in [0.717, 1.165) is 25.5 Å². The Morgan fingerprint density at radius 3 is 2.79 bits per heavy atom. The Labute approximate surface area is 112 Å². The SMILES string of the molecule is CC1(C)CCCN1c1c(F)cccc1/C=C/C(=O)O. The van der Waals surface area contributed by atoms with Crippen molar-refractivity contribution in [1.29, 1.82) is 0 Å². The molecule has 1 saturated heterocycles. The fourth-order valence-electron chi connectivity index (χ4n) is 2.63. The Kier molecular flexibility index (Phi) is 3.60. The monoisotopic (exact) mass is 263 g/mol. The maximum atomic E-state index is 14.1. The number of benzene rings is 1. The zero-order chi connectivity index (χ0) is 14.0. The van der Waals surface area contributed by atoms with Crippen LogP contribution in [-0.4, -0.2) is 23.2 Å². The Bertz CT molecular complexity index is 523. The Hall–Kier alpha value is -1.84. The number of carboxylic acid groups (broad SMARTS) is 1. The smallest absolute Gasteiger partial charge is 0.328 e. The molecule has 0 bridgehead atoms. The van der Waals surface area contributed by atoms with Gasteiger partial charge in [0, 0.05) is 23.7 Å². The number of aliphatic carboxylic acids is 1. The number of para-hydroxylation sites is 1. The third kappa shape index (κ3) is 2.78. The molecule has 0 atom stereocenters. The molecule has 3 nitrogen and oxygen atoms in total. The van der Waals surface area contributed by atoms with Crippen LogP contribution in [0.25, 0.3) is 6.08 Å². The highest BCUT2D eigenvalue weighted by Crippen LogP contribution is 2.37. The molecule has 1 heterocycles. The van der Waals surface area contributed by atoms with Gasteiger partial charge in [0.15, 0.2) is 0 Å². The highest BCUT2D eigenvalue weighted by molar-refractivity contribution is 5.87. The Morgan fingerprint density at radius 2 is 2.21 bits per heavy atom. The minimum atomic E-state index is -1.03. The van der Waals surface area contributed by atoms with E-state index in [1.54, 1.807) is 12.1 Å². The van der Waals surface area contributed by atoms with Gasteiger partial charge in [0.2, 0.25) is 0 Å². The largest absolute Gasteiger partial charge is 0.478 e. The van der Waals surface area contributed by atoms with Gasteiger partial charge in [-0.15, -0.1) is 0 Å². The lowest BCUT2D eigenvalue weighted by molar-refractivity contribution is -0.131. The summed E-state index contributed by atoms with van der Waals surface area (Å²) in [7, 11) is 0. The second-order valence-electron chi connectivity index (χ2n) is 5.42. The molecule has 2 rings (SSSR count). The minimum absolute atomic E-state index is 0.103. The van der Waals surface area contributed by atoms with E-state index in [-0.39, 0.29) is 11.4 Å². The van der Waals surface area contributed by atoms with Gasteiger partial charge in [0.05, 0.1) is 5.69 Å². The quantitative estimate of drug-likeness (QED) is 0.851. The van der Waals surface area contributed by atoms with Gasteiger partial charge in [0.1, 0.15) is 5.82 Å². The van der Waals surface area contributed by atoms with Crippen molar-refractivity contribution < 1.29 is 14.3 Å². The average molecular weight is 263 g/mol. The van der Waals surface area contributed by atoms with Gasteiger partial charge in [-0.3, -0.25) is 0 Å². The van der Waals surface area contributed by atoms with Crippen LogP contribution in [0.4, 0.5) is 10.1 Å². The standard InChI is InChI=1S/C15H18FNO2/c1-15(2)9-4-10-17(15)14-11(7-8-13(18)19)5-3-6-12(14)16/h3,5-8H,4,9-10H2,1-2H3,(H,18,19)/b8-7+. The summed E-state index contributed by atoms with van der Waals surface area (Å²) in [5.74, 6) is -1.33. The lowest BCUT2D eigenvalue weighted by atomic mass is 10.00. The molecule has 0 amide bonds. The molecule has 1 aliphatic heterocycles. The van der Waals surface area contributed by atoms with Crippen molar-refractivity contribution in [1.82, 2.24) is 0 Å². The van der Waals surface area contributed by atoms with E-state index in [0.29, 0.717) is 11.3 Å². The molecular formula is C15H18FNO2. The van der Waals surface area contributed by atoms with Crippen molar-refractivity contribution in [2.45, 2.75) is 32.2 Å². The van der Waals surface area contributed by atoms with Gasteiger partial charge in [-0.1, -0.05) is 12.1 Å².